The third-order valence-electron chi connectivity index (χ3n) is 4.26. The van der Waals surface area contributed by atoms with Gasteiger partial charge in [0.25, 0.3) is 5.91 Å². The molecule has 134 valence electrons. The van der Waals surface area contributed by atoms with E-state index in [0.717, 1.165) is 39.6 Å². The van der Waals surface area contributed by atoms with Gasteiger partial charge in [-0.05, 0) is 49.7 Å². The summed E-state index contributed by atoms with van der Waals surface area (Å²) in [6, 6.07) is 15.5. The molecule has 0 fully saturated rings. The lowest BCUT2D eigenvalue weighted by atomic mass is 10.1. The summed E-state index contributed by atoms with van der Waals surface area (Å²) in [7, 11) is 1.66. The van der Waals surface area contributed by atoms with Crippen molar-refractivity contribution in [2.45, 2.75) is 20.3 Å². The summed E-state index contributed by atoms with van der Waals surface area (Å²) < 4.78 is 5.20. The highest BCUT2D eigenvalue weighted by atomic mass is 32.1. The predicted molar refractivity (Wildman–Crippen MR) is 106 cm³/mol. The molecular formula is C21H22N2O2S. The molecule has 5 heteroatoms. The summed E-state index contributed by atoms with van der Waals surface area (Å²) in [5.74, 6) is 0.807. The highest BCUT2D eigenvalue weighted by molar-refractivity contribution is 7.15. The molecular weight excluding hydrogens is 344 g/mol. The quantitative estimate of drug-likeness (QED) is 0.703. The minimum Gasteiger partial charge on any atom is -0.497 e. The Kier molecular flexibility index (Phi) is 5.68. The van der Waals surface area contributed by atoms with Crippen molar-refractivity contribution >= 4 is 17.2 Å². The van der Waals surface area contributed by atoms with E-state index in [-0.39, 0.29) is 5.91 Å². The van der Waals surface area contributed by atoms with Gasteiger partial charge in [0.15, 0.2) is 0 Å². The zero-order valence-electron chi connectivity index (χ0n) is 15.2. The molecule has 0 bridgehead atoms. The first kappa shape index (κ1) is 18.1. The van der Waals surface area contributed by atoms with Gasteiger partial charge in [0, 0.05) is 29.0 Å². The van der Waals surface area contributed by atoms with E-state index in [9.17, 15) is 4.79 Å². The van der Waals surface area contributed by atoms with Crippen LogP contribution in [0.15, 0.2) is 48.5 Å². The number of amides is 1. The van der Waals surface area contributed by atoms with Crippen LogP contribution in [0, 0.1) is 13.8 Å². The number of carbonyl (C=O) groups excluding carboxylic acids is 1. The molecule has 0 aliphatic heterocycles. The van der Waals surface area contributed by atoms with Crippen molar-refractivity contribution in [2.24, 2.45) is 0 Å². The van der Waals surface area contributed by atoms with E-state index in [2.05, 4.69) is 10.3 Å². The molecule has 0 saturated carbocycles. The Balaban J connectivity index is 1.63. The smallest absolute Gasteiger partial charge is 0.251 e. The number of aromatic nitrogens is 1. The third-order valence-corrected chi connectivity index (χ3v) is 5.52. The van der Waals surface area contributed by atoms with Crippen molar-refractivity contribution in [3.8, 4) is 16.3 Å². The molecule has 3 aromatic rings. The maximum atomic E-state index is 12.3. The monoisotopic (exact) mass is 366 g/mol. The van der Waals surface area contributed by atoms with E-state index in [1.165, 1.54) is 4.88 Å². The topological polar surface area (TPSA) is 51.2 Å². The van der Waals surface area contributed by atoms with Gasteiger partial charge in [0.1, 0.15) is 10.8 Å². The van der Waals surface area contributed by atoms with Gasteiger partial charge in [-0.3, -0.25) is 4.79 Å². The highest BCUT2D eigenvalue weighted by Crippen LogP contribution is 2.29. The number of hydrogen-bond donors (Lipinski definition) is 1. The van der Waals surface area contributed by atoms with E-state index in [1.54, 1.807) is 18.4 Å². The normalized spacial score (nSPS) is 10.6. The molecule has 4 nitrogen and oxygen atoms in total. The largest absolute Gasteiger partial charge is 0.497 e. The maximum Gasteiger partial charge on any atom is 0.251 e. The first-order valence-electron chi connectivity index (χ1n) is 8.53. The number of benzene rings is 2. The zero-order chi connectivity index (χ0) is 18.5. The number of rotatable bonds is 6. The average Bonchev–Trinajstić information content (AvgIpc) is 3.03. The van der Waals surface area contributed by atoms with Gasteiger partial charge in [-0.2, -0.15) is 0 Å². The summed E-state index contributed by atoms with van der Waals surface area (Å²) >= 11 is 1.67. The fourth-order valence-corrected chi connectivity index (χ4v) is 3.80. The van der Waals surface area contributed by atoms with Crippen LogP contribution in [0.2, 0.25) is 0 Å². The fraction of sp³-hybridized carbons (Fsp3) is 0.238. The molecule has 1 heterocycles. The van der Waals surface area contributed by atoms with Crippen LogP contribution < -0.4 is 10.1 Å². The lowest BCUT2D eigenvalue weighted by Gasteiger charge is -2.07. The Morgan fingerprint density at radius 1 is 1.12 bits per heavy atom. The highest BCUT2D eigenvalue weighted by Gasteiger charge is 2.11. The first-order valence-corrected chi connectivity index (χ1v) is 9.34. The van der Waals surface area contributed by atoms with Crippen molar-refractivity contribution < 1.29 is 9.53 Å². The van der Waals surface area contributed by atoms with Crippen LogP contribution in [-0.4, -0.2) is 24.5 Å². The first-order chi connectivity index (χ1) is 12.6. The van der Waals surface area contributed by atoms with Crippen LogP contribution in [-0.2, 0) is 6.42 Å². The lowest BCUT2D eigenvalue weighted by molar-refractivity contribution is 0.0953. The van der Waals surface area contributed by atoms with Crippen molar-refractivity contribution in [3.63, 3.8) is 0 Å². The van der Waals surface area contributed by atoms with Crippen molar-refractivity contribution in [2.75, 3.05) is 13.7 Å². The predicted octanol–water partition coefficient (Wildman–Crippen LogP) is 4.41. The Hall–Kier alpha value is -2.66. The van der Waals surface area contributed by atoms with Crippen molar-refractivity contribution in [1.82, 2.24) is 10.3 Å². The van der Waals surface area contributed by atoms with Crippen LogP contribution in [0.5, 0.6) is 5.75 Å². The maximum absolute atomic E-state index is 12.3. The molecule has 26 heavy (non-hydrogen) atoms. The van der Waals surface area contributed by atoms with Crippen LogP contribution in [0.25, 0.3) is 10.6 Å². The molecule has 0 aliphatic carbocycles. The number of nitrogens with one attached hydrogen (secondary N) is 1. The third kappa shape index (κ3) is 4.11. The SMILES string of the molecule is COc1ccc(-c2nc(C)c(CCNC(=O)c3ccccc3C)s2)cc1. The van der Waals surface area contributed by atoms with Crippen molar-refractivity contribution in [3.05, 3.63) is 70.2 Å². The van der Waals surface area contributed by atoms with Crippen LogP contribution in [0.4, 0.5) is 0 Å². The molecule has 0 radical (unpaired) electrons. The van der Waals surface area contributed by atoms with Gasteiger partial charge >= 0.3 is 0 Å². The summed E-state index contributed by atoms with van der Waals surface area (Å²) in [6.45, 7) is 4.56. The summed E-state index contributed by atoms with van der Waals surface area (Å²) in [6.07, 6.45) is 0.775. The minimum absolute atomic E-state index is 0.0272. The molecule has 0 aliphatic rings. The Bertz CT molecular complexity index is 901. The van der Waals surface area contributed by atoms with Crippen LogP contribution in [0.1, 0.15) is 26.5 Å². The Labute approximate surface area is 157 Å². The van der Waals surface area contributed by atoms with E-state index in [1.807, 2.05) is 62.4 Å². The molecule has 0 saturated heterocycles. The van der Waals surface area contributed by atoms with Crippen LogP contribution in [0.3, 0.4) is 0 Å². The Morgan fingerprint density at radius 3 is 2.54 bits per heavy atom. The summed E-state index contributed by atoms with van der Waals surface area (Å²) in [5.41, 5.74) is 3.81. The molecule has 1 aromatic heterocycles. The van der Waals surface area contributed by atoms with E-state index >= 15 is 0 Å². The zero-order valence-corrected chi connectivity index (χ0v) is 16.0. The number of carbonyl (C=O) groups is 1. The number of methoxy groups -OCH3 is 1. The number of aryl methyl sites for hydroxylation is 2. The van der Waals surface area contributed by atoms with Gasteiger partial charge in [-0.1, -0.05) is 18.2 Å². The van der Waals surface area contributed by atoms with E-state index in [4.69, 9.17) is 4.74 Å². The standard InChI is InChI=1S/C21H22N2O2S/c1-14-6-4-5-7-18(14)20(24)22-13-12-19-15(2)23-21(26-19)16-8-10-17(25-3)11-9-16/h4-11H,12-13H2,1-3H3,(H,22,24). The molecule has 0 spiro atoms. The second kappa shape index (κ2) is 8.15. The Morgan fingerprint density at radius 2 is 1.85 bits per heavy atom. The number of ether oxygens (including phenoxy) is 1. The molecule has 2 aromatic carbocycles. The van der Waals surface area contributed by atoms with E-state index < -0.39 is 0 Å². The van der Waals surface area contributed by atoms with Gasteiger partial charge in [-0.15, -0.1) is 11.3 Å². The second-order valence-electron chi connectivity index (χ2n) is 6.08. The lowest BCUT2D eigenvalue weighted by Crippen LogP contribution is -2.26. The second-order valence-corrected chi connectivity index (χ2v) is 7.16. The number of hydrogen-bond acceptors (Lipinski definition) is 4. The van der Waals surface area contributed by atoms with E-state index in [0.29, 0.717) is 6.54 Å². The number of nitrogens with zero attached hydrogens (tertiary/aromatic N) is 1. The molecule has 1 N–H and O–H groups in total. The van der Waals surface area contributed by atoms with Gasteiger partial charge in [-0.25, -0.2) is 4.98 Å². The fourth-order valence-electron chi connectivity index (χ4n) is 2.73. The number of thiazole rings is 1. The van der Waals surface area contributed by atoms with Gasteiger partial charge in [0.05, 0.1) is 12.8 Å². The summed E-state index contributed by atoms with van der Waals surface area (Å²) in [4.78, 5) is 18.2. The molecule has 0 atom stereocenters. The van der Waals surface area contributed by atoms with Gasteiger partial charge < -0.3 is 10.1 Å². The molecule has 3 rings (SSSR count). The average molecular weight is 366 g/mol. The minimum atomic E-state index is -0.0272. The van der Waals surface area contributed by atoms with Crippen LogP contribution >= 0.6 is 11.3 Å². The van der Waals surface area contributed by atoms with Gasteiger partial charge in [0.2, 0.25) is 0 Å². The van der Waals surface area contributed by atoms with Crippen molar-refractivity contribution in [1.29, 1.82) is 0 Å². The molecule has 1 amide bonds. The summed E-state index contributed by atoms with van der Waals surface area (Å²) in [5, 5.41) is 3.99. The molecule has 0 unspecified atom stereocenters.